The van der Waals surface area contributed by atoms with E-state index in [9.17, 15) is 14.4 Å². The van der Waals surface area contributed by atoms with Gasteiger partial charge in [-0.25, -0.2) is 4.79 Å². The van der Waals surface area contributed by atoms with Gasteiger partial charge in [-0.05, 0) is 25.3 Å². The Morgan fingerprint density at radius 3 is 2.38 bits per heavy atom. The minimum atomic E-state index is -1.08. The lowest BCUT2D eigenvalue weighted by Gasteiger charge is -2.27. The fraction of sp³-hybridized carbons (Fsp3) is 0.550. The number of hydrogen-bond donors (Lipinski definition) is 1. The minimum Gasteiger partial charge on any atom is -0.341 e. The van der Waals surface area contributed by atoms with Crippen LogP contribution in [0.15, 0.2) is 30.3 Å². The second-order valence-corrected chi connectivity index (χ2v) is 6.67. The number of rotatable bonds is 9. The average Bonchev–Trinajstić information content (AvgIpc) is 2.88. The van der Waals surface area contributed by atoms with Crippen molar-refractivity contribution in [2.75, 3.05) is 19.6 Å². The van der Waals surface area contributed by atoms with E-state index in [4.69, 9.17) is 0 Å². The van der Waals surface area contributed by atoms with E-state index in [1.807, 2.05) is 44.2 Å². The molecular formula is C20H29N3O3. The van der Waals surface area contributed by atoms with Crippen LogP contribution in [-0.2, 0) is 15.1 Å². The molecular weight excluding hydrogens is 330 g/mol. The fourth-order valence-electron chi connectivity index (χ4n) is 3.42. The number of carbonyl (C=O) groups is 3. The van der Waals surface area contributed by atoms with Crippen LogP contribution in [0, 0.1) is 0 Å². The summed E-state index contributed by atoms with van der Waals surface area (Å²) in [4.78, 5) is 41.0. The summed E-state index contributed by atoms with van der Waals surface area (Å²) in [6, 6.07) is 8.77. The Kier molecular flexibility index (Phi) is 6.77. The third-order valence-electron chi connectivity index (χ3n) is 4.88. The van der Waals surface area contributed by atoms with Crippen LogP contribution in [-0.4, -0.2) is 47.3 Å². The summed E-state index contributed by atoms with van der Waals surface area (Å²) in [5.74, 6) is -0.528. The Morgan fingerprint density at radius 1 is 1.12 bits per heavy atom. The molecule has 1 N–H and O–H groups in total. The fourth-order valence-corrected chi connectivity index (χ4v) is 3.42. The predicted octanol–water partition coefficient (Wildman–Crippen LogP) is 2.88. The van der Waals surface area contributed by atoms with Gasteiger partial charge in [0.25, 0.3) is 5.91 Å². The van der Waals surface area contributed by atoms with Crippen LogP contribution in [0.1, 0.15) is 52.0 Å². The van der Waals surface area contributed by atoms with Gasteiger partial charge in [0.15, 0.2) is 0 Å². The highest BCUT2D eigenvalue weighted by Crippen LogP contribution is 2.33. The van der Waals surface area contributed by atoms with Gasteiger partial charge in [-0.1, -0.05) is 57.0 Å². The molecule has 0 unspecified atom stereocenters. The zero-order valence-corrected chi connectivity index (χ0v) is 16.0. The molecule has 1 aromatic rings. The highest BCUT2D eigenvalue weighted by atomic mass is 16.2. The molecule has 1 heterocycles. The summed E-state index contributed by atoms with van der Waals surface area (Å²) in [5, 5.41) is 2.86. The van der Waals surface area contributed by atoms with Crippen molar-refractivity contribution in [3.05, 3.63) is 35.9 Å². The molecule has 2 rings (SSSR count). The number of amides is 4. The van der Waals surface area contributed by atoms with E-state index in [0.717, 1.165) is 29.7 Å². The summed E-state index contributed by atoms with van der Waals surface area (Å²) in [7, 11) is 0. The van der Waals surface area contributed by atoms with Crippen molar-refractivity contribution in [3.63, 3.8) is 0 Å². The Bertz CT molecular complexity index is 647. The molecule has 1 fully saturated rings. The molecule has 1 aliphatic rings. The molecule has 26 heavy (non-hydrogen) atoms. The molecule has 1 saturated heterocycles. The first-order chi connectivity index (χ1) is 12.5. The molecule has 6 nitrogen and oxygen atoms in total. The lowest BCUT2D eigenvalue weighted by molar-refractivity contribution is -0.139. The zero-order valence-electron chi connectivity index (χ0n) is 16.0. The average molecular weight is 359 g/mol. The van der Waals surface area contributed by atoms with Crippen molar-refractivity contribution in [2.45, 2.75) is 52.0 Å². The molecule has 4 amide bonds. The van der Waals surface area contributed by atoms with Crippen LogP contribution in [0.5, 0.6) is 0 Å². The van der Waals surface area contributed by atoms with Crippen LogP contribution < -0.4 is 5.32 Å². The highest BCUT2D eigenvalue weighted by Gasteiger charge is 2.52. The quantitative estimate of drug-likeness (QED) is 0.689. The van der Waals surface area contributed by atoms with Gasteiger partial charge in [-0.2, -0.15) is 0 Å². The summed E-state index contributed by atoms with van der Waals surface area (Å²) in [6.45, 7) is 6.96. The van der Waals surface area contributed by atoms with E-state index in [1.165, 1.54) is 0 Å². The lowest BCUT2D eigenvalue weighted by Crippen LogP contribution is -2.46. The Hall–Kier alpha value is -2.37. The molecule has 0 aromatic heterocycles. The maximum Gasteiger partial charge on any atom is 0.325 e. The number of imide groups is 1. The standard InChI is InChI=1S/C20H29N3O3/c1-4-7-14-22(6-3)17(24)15-23-18(25)20(13-5-2,21-19(23)26)16-11-9-8-10-12-16/h8-12H,4-7,13-15H2,1-3H3,(H,21,26)/t20-/m0/s1. The van der Waals surface area contributed by atoms with E-state index >= 15 is 0 Å². The molecule has 0 saturated carbocycles. The second kappa shape index (κ2) is 8.83. The number of likely N-dealkylation sites (N-methyl/N-ethyl adjacent to an activating group) is 1. The topological polar surface area (TPSA) is 69.7 Å². The van der Waals surface area contributed by atoms with Crippen molar-refractivity contribution in [1.29, 1.82) is 0 Å². The van der Waals surface area contributed by atoms with Gasteiger partial charge in [-0.15, -0.1) is 0 Å². The van der Waals surface area contributed by atoms with Crippen LogP contribution in [0.4, 0.5) is 4.79 Å². The van der Waals surface area contributed by atoms with Crippen molar-refractivity contribution < 1.29 is 14.4 Å². The molecule has 142 valence electrons. The summed E-state index contributed by atoms with van der Waals surface area (Å²) >= 11 is 0. The van der Waals surface area contributed by atoms with Crippen molar-refractivity contribution in [2.24, 2.45) is 0 Å². The molecule has 1 aliphatic heterocycles. The van der Waals surface area contributed by atoms with Crippen molar-refractivity contribution in [3.8, 4) is 0 Å². The number of unbranched alkanes of at least 4 members (excludes halogenated alkanes) is 1. The first-order valence-corrected chi connectivity index (χ1v) is 9.47. The van der Waals surface area contributed by atoms with E-state index in [2.05, 4.69) is 12.2 Å². The van der Waals surface area contributed by atoms with Crippen molar-refractivity contribution >= 4 is 17.8 Å². The number of hydrogen-bond acceptors (Lipinski definition) is 3. The van der Waals surface area contributed by atoms with Crippen molar-refractivity contribution in [1.82, 2.24) is 15.1 Å². The first-order valence-electron chi connectivity index (χ1n) is 9.47. The molecule has 1 atom stereocenters. The number of urea groups is 1. The third kappa shape index (κ3) is 3.89. The monoisotopic (exact) mass is 359 g/mol. The Morgan fingerprint density at radius 2 is 1.81 bits per heavy atom. The van der Waals surface area contributed by atoms with Gasteiger partial charge in [0.2, 0.25) is 5.91 Å². The Labute approximate surface area is 155 Å². The van der Waals surface area contributed by atoms with Gasteiger partial charge in [0, 0.05) is 13.1 Å². The SMILES string of the molecule is CCCCN(CC)C(=O)CN1C(=O)N[C@@](CCC)(c2ccccc2)C1=O. The van der Waals surface area contributed by atoms with Gasteiger partial charge in [-0.3, -0.25) is 14.5 Å². The van der Waals surface area contributed by atoms with E-state index in [0.29, 0.717) is 19.5 Å². The molecule has 1 aromatic carbocycles. The van der Waals surface area contributed by atoms with Crippen LogP contribution in [0.25, 0.3) is 0 Å². The second-order valence-electron chi connectivity index (χ2n) is 6.67. The first kappa shape index (κ1) is 19.9. The van der Waals surface area contributed by atoms with Crippen LogP contribution in [0.2, 0.25) is 0 Å². The largest absolute Gasteiger partial charge is 0.341 e. The number of carbonyl (C=O) groups excluding carboxylic acids is 3. The minimum absolute atomic E-state index is 0.190. The Balaban J connectivity index is 2.22. The third-order valence-corrected chi connectivity index (χ3v) is 4.88. The molecule has 0 spiro atoms. The molecule has 0 aliphatic carbocycles. The highest BCUT2D eigenvalue weighted by molar-refractivity contribution is 6.09. The zero-order chi connectivity index (χ0) is 19.2. The van der Waals surface area contributed by atoms with Gasteiger partial charge in [0.05, 0.1) is 0 Å². The molecule has 0 radical (unpaired) electrons. The lowest BCUT2D eigenvalue weighted by atomic mass is 9.85. The number of nitrogens with one attached hydrogen (secondary N) is 1. The summed E-state index contributed by atoms with van der Waals surface area (Å²) in [6.07, 6.45) is 3.13. The van der Waals surface area contributed by atoms with E-state index < -0.39 is 11.6 Å². The van der Waals surface area contributed by atoms with Crippen LogP contribution in [0.3, 0.4) is 0 Å². The number of benzene rings is 1. The predicted molar refractivity (Wildman–Crippen MR) is 100 cm³/mol. The molecule has 0 bridgehead atoms. The van der Waals surface area contributed by atoms with Gasteiger partial charge in [0.1, 0.15) is 12.1 Å². The van der Waals surface area contributed by atoms with E-state index in [1.54, 1.807) is 4.90 Å². The normalized spacial score (nSPS) is 19.6. The van der Waals surface area contributed by atoms with Gasteiger partial charge >= 0.3 is 6.03 Å². The van der Waals surface area contributed by atoms with Crippen LogP contribution >= 0.6 is 0 Å². The van der Waals surface area contributed by atoms with Gasteiger partial charge < -0.3 is 10.2 Å². The molecule has 6 heteroatoms. The summed E-state index contributed by atoms with van der Waals surface area (Å²) < 4.78 is 0. The smallest absolute Gasteiger partial charge is 0.325 e. The maximum atomic E-state index is 13.2. The van der Waals surface area contributed by atoms with E-state index in [-0.39, 0.29) is 18.4 Å². The number of nitrogens with zero attached hydrogens (tertiary/aromatic N) is 2. The maximum absolute atomic E-state index is 13.2. The summed E-state index contributed by atoms with van der Waals surface area (Å²) in [5.41, 5.74) is -0.318.